The van der Waals surface area contributed by atoms with E-state index in [0.29, 0.717) is 25.0 Å². The van der Waals surface area contributed by atoms with Crippen molar-refractivity contribution in [1.29, 1.82) is 0 Å². The van der Waals surface area contributed by atoms with Crippen LogP contribution in [0.15, 0.2) is 107 Å². The second-order valence-electron chi connectivity index (χ2n) is 13.0. The fraction of sp³-hybridized carbons (Fsp3) is 0.389. The Morgan fingerprint density at radius 2 is 1.53 bits per heavy atom. The van der Waals surface area contributed by atoms with Crippen LogP contribution in [-0.4, -0.2) is 48.9 Å². The summed E-state index contributed by atoms with van der Waals surface area (Å²) < 4.78 is 21.8. The van der Waals surface area contributed by atoms with Crippen LogP contribution in [0.25, 0.3) is 0 Å². The number of H-pyrrole nitrogens is 1. The zero-order valence-electron chi connectivity index (χ0n) is 26.6. The molecule has 4 aromatic rings. The number of hydrogen-bond acceptors (Lipinski definition) is 6. The van der Waals surface area contributed by atoms with Crippen molar-refractivity contribution in [3.8, 4) is 0 Å². The molecule has 3 aromatic carbocycles. The molecule has 45 heavy (non-hydrogen) atoms. The number of hydrogen-bond donors (Lipinski definition) is 2. The Bertz CT molecular complexity index is 1610. The molecule has 0 radical (unpaired) electrons. The Hall–Kier alpha value is -3.60. The van der Waals surface area contributed by atoms with Crippen molar-refractivity contribution in [2.75, 3.05) is 19.8 Å². The van der Waals surface area contributed by atoms with Gasteiger partial charge in [-0.1, -0.05) is 112 Å². The quantitative estimate of drug-likeness (QED) is 0.229. The highest BCUT2D eigenvalue weighted by atomic mass is 28.4. The lowest BCUT2D eigenvalue weighted by Crippen LogP contribution is -2.67. The summed E-state index contributed by atoms with van der Waals surface area (Å²) in [5.41, 5.74) is -0.820. The number of aromatic amines is 1. The second-order valence-corrected chi connectivity index (χ2v) is 17.3. The first-order chi connectivity index (χ1) is 21.6. The van der Waals surface area contributed by atoms with Gasteiger partial charge in [0, 0.05) is 24.8 Å². The molecule has 0 bridgehead atoms. The van der Waals surface area contributed by atoms with Gasteiger partial charge < -0.3 is 19.0 Å². The van der Waals surface area contributed by atoms with E-state index in [0.717, 1.165) is 15.9 Å². The highest BCUT2D eigenvalue weighted by Gasteiger charge is 2.53. The van der Waals surface area contributed by atoms with Crippen LogP contribution in [0.1, 0.15) is 44.7 Å². The van der Waals surface area contributed by atoms with E-state index in [4.69, 9.17) is 13.9 Å². The fourth-order valence-electron chi connectivity index (χ4n) is 6.65. The molecule has 3 atom stereocenters. The van der Waals surface area contributed by atoms with Gasteiger partial charge in [0.2, 0.25) is 0 Å². The molecule has 0 spiro atoms. The lowest BCUT2D eigenvalue weighted by Gasteiger charge is -2.43. The number of nitrogens with one attached hydrogen (secondary N) is 1. The first-order valence-electron chi connectivity index (χ1n) is 15.6. The van der Waals surface area contributed by atoms with Crippen molar-refractivity contribution < 1.29 is 19.0 Å². The number of aryl methyl sites for hydroxylation is 1. The Morgan fingerprint density at radius 3 is 2.09 bits per heavy atom. The molecule has 0 amide bonds. The average Bonchev–Trinajstić information content (AvgIpc) is 3.38. The van der Waals surface area contributed by atoms with E-state index in [-0.39, 0.29) is 30.8 Å². The number of nitrogens with zero attached hydrogens (tertiary/aromatic N) is 1. The number of benzene rings is 3. The molecule has 8 nitrogen and oxygen atoms in total. The van der Waals surface area contributed by atoms with Crippen LogP contribution in [0.3, 0.4) is 0 Å². The Labute approximate surface area is 265 Å². The van der Waals surface area contributed by atoms with Crippen LogP contribution >= 0.6 is 0 Å². The fourth-order valence-corrected chi connectivity index (χ4v) is 11.2. The predicted octanol–water partition coefficient (Wildman–Crippen LogP) is 4.08. The van der Waals surface area contributed by atoms with E-state index in [9.17, 15) is 14.7 Å². The van der Waals surface area contributed by atoms with Gasteiger partial charge in [0.15, 0.2) is 5.72 Å². The number of aliphatic hydroxyl groups is 1. The predicted molar refractivity (Wildman–Crippen MR) is 178 cm³/mol. The number of ether oxygens (including phenoxy) is 2. The molecular weight excluding hydrogens is 584 g/mol. The maximum Gasteiger partial charge on any atom is 0.330 e. The molecular formula is C36H44N2O6Si. The summed E-state index contributed by atoms with van der Waals surface area (Å²) in [7, 11) is -2.88. The minimum atomic E-state index is -2.88. The van der Waals surface area contributed by atoms with Gasteiger partial charge in [0.05, 0.1) is 25.9 Å². The lowest BCUT2D eigenvalue weighted by molar-refractivity contribution is -0.155. The smallest absolute Gasteiger partial charge is 0.330 e. The van der Waals surface area contributed by atoms with Gasteiger partial charge in [0.25, 0.3) is 13.9 Å². The monoisotopic (exact) mass is 628 g/mol. The third-order valence-corrected chi connectivity index (χ3v) is 13.9. The summed E-state index contributed by atoms with van der Waals surface area (Å²) in [4.78, 5) is 28.1. The zero-order chi connectivity index (χ0) is 32.1. The van der Waals surface area contributed by atoms with Crippen molar-refractivity contribution in [3.05, 3.63) is 129 Å². The molecule has 1 saturated heterocycles. The van der Waals surface area contributed by atoms with Crippen molar-refractivity contribution in [2.45, 2.75) is 64.0 Å². The molecule has 0 saturated carbocycles. The summed E-state index contributed by atoms with van der Waals surface area (Å²) in [5.74, 6) is -0.132. The molecule has 5 rings (SSSR count). The Kier molecular flexibility index (Phi) is 10.1. The van der Waals surface area contributed by atoms with Crippen LogP contribution in [-0.2, 0) is 26.2 Å². The molecule has 1 aromatic heterocycles. The minimum Gasteiger partial charge on any atom is -0.405 e. The standard InChI is InChI=1S/C36H44N2O6Si/c1-27-23-38(34(41)37-33(27)40)36(26-42-24-28-14-8-5-9-15-28)22-29(20-21-39)32(44-36)25-43-45(35(2,3)4,30-16-10-6-11-17-30)31-18-12-7-13-19-31/h5-19,23,29,32,39H,20-22,24-26H2,1-4H3,(H,37,40,41)/t29-,32+,36-/m0/s1. The van der Waals surface area contributed by atoms with E-state index < -0.39 is 31.4 Å². The van der Waals surface area contributed by atoms with Gasteiger partial charge in [-0.05, 0) is 40.2 Å². The molecule has 2 N–H and O–H groups in total. The maximum absolute atomic E-state index is 13.3. The van der Waals surface area contributed by atoms with Crippen molar-refractivity contribution >= 4 is 18.7 Å². The van der Waals surface area contributed by atoms with Crippen LogP contribution in [0.4, 0.5) is 0 Å². The van der Waals surface area contributed by atoms with Crippen LogP contribution in [0, 0.1) is 12.8 Å². The highest BCUT2D eigenvalue weighted by molar-refractivity contribution is 6.99. The normalized spacial score (nSPS) is 20.4. The van der Waals surface area contributed by atoms with Crippen molar-refractivity contribution in [2.24, 2.45) is 5.92 Å². The molecule has 2 heterocycles. The van der Waals surface area contributed by atoms with E-state index in [2.05, 4.69) is 74.3 Å². The van der Waals surface area contributed by atoms with Gasteiger partial charge >= 0.3 is 5.69 Å². The van der Waals surface area contributed by atoms with E-state index in [1.165, 1.54) is 4.57 Å². The van der Waals surface area contributed by atoms with Crippen molar-refractivity contribution in [1.82, 2.24) is 9.55 Å². The maximum atomic E-state index is 13.3. The minimum absolute atomic E-state index is 0.0375. The summed E-state index contributed by atoms with van der Waals surface area (Å²) in [5, 5.41) is 12.2. The molecule has 238 valence electrons. The van der Waals surface area contributed by atoms with E-state index in [1.807, 2.05) is 42.5 Å². The van der Waals surface area contributed by atoms with E-state index in [1.54, 1.807) is 13.1 Å². The van der Waals surface area contributed by atoms with Gasteiger partial charge in [-0.2, -0.15) is 0 Å². The van der Waals surface area contributed by atoms with E-state index >= 15 is 0 Å². The van der Waals surface area contributed by atoms with Crippen molar-refractivity contribution in [3.63, 3.8) is 0 Å². The van der Waals surface area contributed by atoms with Crippen LogP contribution in [0.2, 0.25) is 5.04 Å². The SMILES string of the molecule is Cc1cn([C@@]2(COCc3ccccc3)C[C@H](CCO)[C@@H](CO[Si](c3ccccc3)(c3ccccc3)C(C)(C)C)O2)c(=O)[nH]c1=O. The number of rotatable bonds is 12. The summed E-state index contributed by atoms with van der Waals surface area (Å²) >= 11 is 0. The Balaban J connectivity index is 1.53. The van der Waals surface area contributed by atoms with Gasteiger partial charge in [0.1, 0.15) is 0 Å². The Morgan fingerprint density at radius 1 is 0.956 bits per heavy atom. The molecule has 1 aliphatic heterocycles. The van der Waals surface area contributed by atoms with Gasteiger partial charge in [-0.3, -0.25) is 14.3 Å². The lowest BCUT2D eigenvalue weighted by atomic mass is 9.94. The molecule has 0 aliphatic carbocycles. The summed E-state index contributed by atoms with van der Waals surface area (Å²) in [6, 6.07) is 30.6. The first kappa shape index (κ1) is 32.8. The summed E-state index contributed by atoms with van der Waals surface area (Å²) in [6.45, 7) is 8.97. The van der Waals surface area contributed by atoms with Crippen LogP contribution < -0.4 is 21.6 Å². The second kappa shape index (κ2) is 13.8. The van der Waals surface area contributed by atoms with Crippen LogP contribution in [0.5, 0.6) is 0 Å². The largest absolute Gasteiger partial charge is 0.405 e. The van der Waals surface area contributed by atoms with Gasteiger partial charge in [-0.25, -0.2) is 4.79 Å². The molecule has 0 unspecified atom stereocenters. The highest BCUT2D eigenvalue weighted by Crippen LogP contribution is 2.42. The third-order valence-electron chi connectivity index (χ3n) is 8.86. The number of aromatic nitrogens is 2. The average molecular weight is 629 g/mol. The third kappa shape index (κ3) is 6.83. The topological polar surface area (TPSA) is 103 Å². The molecule has 1 aliphatic rings. The summed E-state index contributed by atoms with van der Waals surface area (Å²) in [6.07, 6.45) is 1.97. The molecule has 9 heteroatoms. The number of aliphatic hydroxyl groups excluding tert-OH is 1. The zero-order valence-corrected chi connectivity index (χ0v) is 27.6. The molecule has 1 fully saturated rings. The first-order valence-corrected chi connectivity index (χ1v) is 17.5. The van der Waals surface area contributed by atoms with Gasteiger partial charge in [-0.15, -0.1) is 0 Å².